The summed E-state index contributed by atoms with van der Waals surface area (Å²) in [5.41, 5.74) is 9.41. The van der Waals surface area contributed by atoms with Crippen LogP contribution in [-0.2, 0) is 0 Å². The van der Waals surface area contributed by atoms with Crippen molar-refractivity contribution >= 4 is 0 Å². The van der Waals surface area contributed by atoms with Crippen LogP contribution < -0.4 is 5.73 Å². The van der Waals surface area contributed by atoms with Gasteiger partial charge < -0.3 is 5.73 Å². The molecule has 0 heterocycles. The first-order chi connectivity index (χ1) is 6.86. The van der Waals surface area contributed by atoms with Crippen molar-refractivity contribution in [3.63, 3.8) is 0 Å². The minimum Gasteiger partial charge on any atom is -0.327 e. The molecule has 0 spiro atoms. The van der Waals surface area contributed by atoms with E-state index < -0.39 is 0 Å². The van der Waals surface area contributed by atoms with Crippen LogP contribution in [0.15, 0.2) is 24.3 Å². The maximum absolute atomic E-state index is 6.16. The first-order valence-electron chi connectivity index (χ1n) is 5.70. The Morgan fingerprint density at radius 1 is 1.00 bits per heavy atom. The highest BCUT2D eigenvalue weighted by Crippen LogP contribution is 2.67. The number of benzene rings is 1. The topological polar surface area (TPSA) is 26.0 Å². The molecule has 14 heavy (non-hydrogen) atoms. The third-order valence-electron chi connectivity index (χ3n) is 4.77. The van der Waals surface area contributed by atoms with Gasteiger partial charge in [0.05, 0.1) is 0 Å². The molecule has 2 saturated carbocycles. The van der Waals surface area contributed by atoms with Gasteiger partial charge in [-0.05, 0) is 47.6 Å². The van der Waals surface area contributed by atoms with Gasteiger partial charge in [-0.1, -0.05) is 24.3 Å². The maximum Gasteiger partial charge on any atom is 0.00761 e. The summed E-state index contributed by atoms with van der Waals surface area (Å²) in [5.74, 6) is 3.44. The third kappa shape index (κ3) is 0.651. The van der Waals surface area contributed by atoms with E-state index in [2.05, 4.69) is 24.3 Å². The van der Waals surface area contributed by atoms with Gasteiger partial charge in [-0.3, -0.25) is 0 Å². The van der Waals surface area contributed by atoms with Gasteiger partial charge in [0, 0.05) is 6.04 Å². The van der Waals surface area contributed by atoms with Crippen molar-refractivity contribution in [2.24, 2.45) is 17.6 Å². The largest absolute Gasteiger partial charge is 0.327 e. The molecule has 1 nitrogen and oxygen atoms in total. The van der Waals surface area contributed by atoms with Gasteiger partial charge in [0.2, 0.25) is 0 Å². The van der Waals surface area contributed by atoms with Gasteiger partial charge in [0.25, 0.3) is 0 Å². The summed E-state index contributed by atoms with van der Waals surface area (Å²) in [7, 11) is 0. The molecule has 5 atom stereocenters. The minimum atomic E-state index is 0.495. The zero-order valence-electron chi connectivity index (χ0n) is 8.19. The lowest BCUT2D eigenvalue weighted by molar-refractivity contribution is 0.291. The summed E-state index contributed by atoms with van der Waals surface area (Å²) in [6.45, 7) is 0. The second-order valence-electron chi connectivity index (χ2n) is 5.24. The van der Waals surface area contributed by atoms with Crippen LogP contribution in [0.1, 0.15) is 35.8 Å². The fourth-order valence-electron chi connectivity index (χ4n) is 4.30. The van der Waals surface area contributed by atoms with Crippen molar-refractivity contribution in [1.82, 2.24) is 0 Å². The summed E-state index contributed by atoms with van der Waals surface area (Å²) >= 11 is 0. The van der Waals surface area contributed by atoms with Gasteiger partial charge in [-0.25, -0.2) is 0 Å². The first-order valence-corrected chi connectivity index (χ1v) is 5.70. The Bertz CT molecular complexity index is 398. The third-order valence-corrected chi connectivity index (χ3v) is 4.77. The van der Waals surface area contributed by atoms with E-state index in [9.17, 15) is 0 Å². The predicted octanol–water partition coefficient (Wildman–Crippen LogP) is 2.23. The molecule has 4 rings (SSSR count). The molecule has 0 aromatic heterocycles. The van der Waals surface area contributed by atoms with E-state index in [1.165, 1.54) is 12.8 Å². The molecule has 1 aromatic rings. The molecule has 3 aliphatic rings. The van der Waals surface area contributed by atoms with Crippen molar-refractivity contribution in [1.29, 1.82) is 0 Å². The highest BCUT2D eigenvalue weighted by molar-refractivity contribution is 5.49. The Kier molecular flexibility index (Phi) is 1.18. The Balaban J connectivity index is 1.85. The number of hydrogen-bond donors (Lipinski definition) is 1. The van der Waals surface area contributed by atoms with Gasteiger partial charge in [0.1, 0.15) is 0 Å². The smallest absolute Gasteiger partial charge is 0.00761 e. The molecule has 72 valence electrons. The van der Waals surface area contributed by atoms with Crippen LogP contribution in [0.4, 0.5) is 0 Å². The van der Waals surface area contributed by atoms with E-state index in [1.54, 1.807) is 11.1 Å². The number of hydrogen-bond acceptors (Lipinski definition) is 1. The second kappa shape index (κ2) is 2.22. The van der Waals surface area contributed by atoms with E-state index in [4.69, 9.17) is 5.73 Å². The van der Waals surface area contributed by atoms with E-state index in [1.807, 2.05) is 0 Å². The summed E-state index contributed by atoms with van der Waals surface area (Å²) in [6.07, 6.45) is 2.67. The SMILES string of the molecule is NC1CC2CC1C1c3ccccc3C21. The summed E-state index contributed by atoms with van der Waals surface area (Å²) in [4.78, 5) is 0. The molecular formula is C13H15N. The molecule has 1 aromatic carbocycles. The van der Waals surface area contributed by atoms with Crippen molar-refractivity contribution < 1.29 is 0 Å². The van der Waals surface area contributed by atoms with Gasteiger partial charge in [-0.2, -0.15) is 0 Å². The monoisotopic (exact) mass is 185 g/mol. The van der Waals surface area contributed by atoms with Crippen LogP contribution in [0.2, 0.25) is 0 Å². The van der Waals surface area contributed by atoms with Gasteiger partial charge in [-0.15, -0.1) is 0 Å². The Morgan fingerprint density at radius 2 is 1.71 bits per heavy atom. The average Bonchev–Trinajstić information content (AvgIpc) is 2.65. The molecule has 0 saturated heterocycles. The fourth-order valence-corrected chi connectivity index (χ4v) is 4.30. The van der Waals surface area contributed by atoms with Gasteiger partial charge >= 0.3 is 0 Å². The highest BCUT2D eigenvalue weighted by atomic mass is 14.8. The summed E-state index contributed by atoms with van der Waals surface area (Å²) in [5, 5.41) is 0. The molecule has 0 aliphatic heterocycles. The van der Waals surface area contributed by atoms with Crippen LogP contribution in [0.5, 0.6) is 0 Å². The van der Waals surface area contributed by atoms with Crippen molar-refractivity contribution in [3.05, 3.63) is 35.4 Å². The maximum atomic E-state index is 6.16. The van der Waals surface area contributed by atoms with Gasteiger partial charge in [0.15, 0.2) is 0 Å². The lowest BCUT2D eigenvalue weighted by atomic mass is 9.60. The molecule has 3 aliphatic carbocycles. The quantitative estimate of drug-likeness (QED) is 0.659. The molecular weight excluding hydrogens is 170 g/mol. The average molecular weight is 185 g/mol. The van der Waals surface area contributed by atoms with Crippen LogP contribution in [0, 0.1) is 11.8 Å². The van der Waals surface area contributed by atoms with Crippen LogP contribution in [0.3, 0.4) is 0 Å². The second-order valence-corrected chi connectivity index (χ2v) is 5.24. The minimum absolute atomic E-state index is 0.495. The summed E-state index contributed by atoms with van der Waals surface area (Å²) < 4.78 is 0. The molecule has 1 heteroatoms. The van der Waals surface area contributed by atoms with Crippen molar-refractivity contribution in [3.8, 4) is 0 Å². The van der Waals surface area contributed by atoms with Crippen LogP contribution in [-0.4, -0.2) is 6.04 Å². The fraction of sp³-hybridized carbons (Fsp3) is 0.538. The number of nitrogens with two attached hydrogens (primary N) is 1. The normalized spacial score (nSPS) is 47.1. The molecule has 2 bridgehead atoms. The highest BCUT2D eigenvalue weighted by Gasteiger charge is 2.57. The standard InChI is InChI=1S/C13H15N/c14-11-6-7-5-10(11)13-9-4-2-1-3-8(9)12(7)13/h1-4,7,10-13H,5-6,14H2. The van der Waals surface area contributed by atoms with E-state index in [0.29, 0.717) is 6.04 Å². The molecule has 5 unspecified atom stereocenters. The number of fused-ring (bicyclic) bond motifs is 8. The van der Waals surface area contributed by atoms with Crippen LogP contribution >= 0.6 is 0 Å². The Hall–Kier alpha value is -0.820. The van der Waals surface area contributed by atoms with Crippen LogP contribution in [0.25, 0.3) is 0 Å². The molecule has 0 amide bonds. The lowest BCUT2D eigenvalue weighted by Crippen LogP contribution is -2.39. The summed E-state index contributed by atoms with van der Waals surface area (Å²) in [6, 6.07) is 9.48. The zero-order chi connectivity index (χ0) is 9.28. The Morgan fingerprint density at radius 3 is 2.50 bits per heavy atom. The molecule has 0 radical (unpaired) electrons. The predicted molar refractivity (Wildman–Crippen MR) is 56.1 cm³/mol. The van der Waals surface area contributed by atoms with Crippen molar-refractivity contribution in [2.45, 2.75) is 30.7 Å². The van der Waals surface area contributed by atoms with E-state index in [0.717, 1.165) is 23.7 Å². The Labute approximate surface area is 84.3 Å². The number of rotatable bonds is 0. The zero-order valence-corrected chi connectivity index (χ0v) is 8.19. The first kappa shape index (κ1) is 7.47. The van der Waals surface area contributed by atoms with E-state index in [-0.39, 0.29) is 0 Å². The molecule has 2 N–H and O–H groups in total. The molecule has 2 fully saturated rings. The van der Waals surface area contributed by atoms with Crippen molar-refractivity contribution in [2.75, 3.05) is 0 Å². The lowest BCUT2D eigenvalue weighted by Gasteiger charge is -2.44. The van der Waals surface area contributed by atoms with E-state index >= 15 is 0 Å².